The lowest BCUT2D eigenvalue weighted by molar-refractivity contribution is -0.118. The topological polar surface area (TPSA) is 114 Å². The van der Waals surface area contributed by atoms with Crippen molar-refractivity contribution in [2.75, 3.05) is 10.6 Å². The maximum atomic E-state index is 12.7. The molecule has 9 nitrogen and oxygen atoms in total. The maximum Gasteiger partial charge on any atom is 0.319 e. The number of tetrazole rings is 1. The van der Waals surface area contributed by atoms with Crippen molar-refractivity contribution in [2.24, 2.45) is 5.92 Å². The van der Waals surface area contributed by atoms with E-state index in [0.29, 0.717) is 17.1 Å². The number of amides is 3. The van der Waals surface area contributed by atoms with E-state index in [1.807, 2.05) is 38.1 Å². The van der Waals surface area contributed by atoms with Gasteiger partial charge in [0.05, 0.1) is 5.69 Å². The molecule has 0 aliphatic rings. The lowest BCUT2D eigenvalue weighted by atomic mass is 10.0. The van der Waals surface area contributed by atoms with Crippen LogP contribution in [-0.4, -0.2) is 38.2 Å². The molecule has 0 unspecified atom stereocenters. The number of aromatic nitrogens is 4. The average molecular weight is 379 g/mol. The van der Waals surface area contributed by atoms with Crippen molar-refractivity contribution in [2.45, 2.75) is 19.9 Å². The van der Waals surface area contributed by atoms with E-state index in [1.165, 1.54) is 11.0 Å². The summed E-state index contributed by atoms with van der Waals surface area (Å²) in [6.45, 7) is 3.73. The second-order valence-corrected chi connectivity index (χ2v) is 6.48. The van der Waals surface area contributed by atoms with Crippen LogP contribution in [0.1, 0.15) is 13.8 Å². The molecule has 3 rings (SSSR count). The minimum atomic E-state index is -0.708. The van der Waals surface area contributed by atoms with Crippen molar-refractivity contribution in [1.82, 2.24) is 25.5 Å². The fourth-order valence-electron chi connectivity index (χ4n) is 2.59. The molecule has 1 aromatic heterocycles. The molecule has 0 spiro atoms. The molecule has 1 atom stereocenters. The number of rotatable bonds is 6. The van der Waals surface area contributed by atoms with E-state index in [9.17, 15) is 9.59 Å². The molecule has 0 saturated heterocycles. The first kappa shape index (κ1) is 19.0. The molecule has 3 aromatic rings. The molecule has 2 aromatic carbocycles. The summed E-state index contributed by atoms with van der Waals surface area (Å²) in [5.74, 6) is -0.420. The molecule has 3 N–H and O–H groups in total. The number of hydrogen-bond donors (Lipinski definition) is 3. The van der Waals surface area contributed by atoms with E-state index < -0.39 is 12.1 Å². The van der Waals surface area contributed by atoms with Gasteiger partial charge in [-0.2, -0.15) is 0 Å². The predicted molar refractivity (Wildman–Crippen MR) is 105 cm³/mol. The second-order valence-electron chi connectivity index (χ2n) is 6.48. The SMILES string of the molecule is CC(C)[C@@H](NC(=O)Nc1ccccc1)C(=O)Nc1cccc(-n2cnnn2)c1. The van der Waals surface area contributed by atoms with Gasteiger partial charge in [0, 0.05) is 11.4 Å². The molecule has 0 fully saturated rings. The highest BCUT2D eigenvalue weighted by molar-refractivity contribution is 5.99. The van der Waals surface area contributed by atoms with Crippen molar-refractivity contribution >= 4 is 23.3 Å². The molecule has 28 heavy (non-hydrogen) atoms. The van der Waals surface area contributed by atoms with Gasteiger partial charge < -0.3 is 16.0 Å². The van der Waals surface area contributed by atoms with Crippen LogP contribution in [-0.2, 0) is 4.79 Å². The third-order valence-electron chi connectivity index (χ3n) is 3.99. The zero-order valence-electron chi connectivity index (χ0n) is 15.5. The Hall–Kier alpha value is -3.75. The van der Waals surface area contributed by atoms with Gasteiger partial charge in [0.25, 0.3) is 0 Å². The number of hydrogen-bond acceptors (Lipinski definition) is 5. The predicted octanol–water partition coefficient (Wildman–Crippen LogP) is 2.45. The van der Waals surface area contributed by atoms with E-state index >= 15 is 0 Å². The monoisotopic (exact) mass is 379 g/mol. The normalized spacial score (nSPS) is 11.7. The summed E-state index contributed by atoms with van der Waals surface area (Å²) < 4.78 is 1.49. The molecule has 3 amide bonds. The van der Waals surface area contributed by atoms with Crippen LogP contribution in [0.5, 0.6) is 0 Å². The van der Waals surface area contributed by atoms with Crippen LogP contribution in [0.4, 0.5) is 16.2 Å². The quantitative estimate of drug-likeness (QED) is 0.609. The Bertz CT molecular complexity index is 926. The van der Waals surface area contributed by atoms with Crippen molar-refractivity contribution in [3.63, 3.8) is 0 Å². The highest BCUT2D eigenvalue weighted by Crippen LogP contribution is 2.15. The first-order valence-electron chi connectivity index (χ1n) is 8.80. The lowest BCUT2D eigenvalue weighted by Crippen LogP contribution is -2.48. The molecular formula is C19H21N7O2. The van der Waals surface area contributed by atoms with E-state index in [4.69, 9.17) is 0 Å². The minimum Gasteiger partial charge on any atom is -0.326 e. The summed E-state index contributed by atoms with van der Waals surface area (Å²) in [5, 5.41) is 19.3. The van der Waals surface area contributed by atoms with E-state index in [-0.39, 0.29) is 11.8 Å². The Labute approximate surface area is 162 Å². The number of nitrogens with one attached hydrogen (secondary N) is 3. The molecule has 0 aliphatic carbocycles. The zero-order valence-corrected chi connectivity index (χ0v) is 15.5. The Kier molecular flexibility index (Phi) is 5.95. The third-order valence-corrected chi connectivity index (χ3v) is 3.99. The summed E-state index contributed by atoms with van der Waals surface area (Å²) in [6.07, 6.45) is 1.47. The Morgan fingerprint density at radius 2 is 1.71 bits per heavy atom. The highest BCUT2D eigenvalue weighted by Gasteiger charge is 2.24. The van der Waals surface area contributed by atoms with Crippen molar-refractivity contribution < 1.29 is 9.59 Å². The number of para-hydroxylation sites is 1. The Morgan fingerprint density at radius 3 is 2.39 bits per heavy atom. The second kappa shape index (κ2) is 8.76. The Morgan fingerprint density at radius 1 is 0.964 bits per heavy atom. The third kappa shape index (κ3) is 4.91. The van der Waals surface area contributed by atoms with Gasteiger partial charge in [0.15, 0.2) is 0 Å². The molecule has 144 valence electrons. The van der Waals surface area contributed by atoms with Crippen LogP contribution in [0, 0.1) is 5.92 Å². The molecule has 1 heterocycles. The van der Waals surface area contributed by atoms with Crippen molar-refractivity contribution in [3.05, 3.63) is 60.9 Å². The van der Waals surface area contributed by atoms with Crippen LogP contribution in [0.2, 0.25) is 0 Å². The molecular weight excluding hydrogens is 358 g/mol. The first-order valence-corrected chi connectivity index (χ1v) is 8.80. The van der Waals surface area contributed by atoms with Gasteiger partial charge in [-0.25, -0.2) is 9.48 Å². The van der Waals surface area contributed by atoms with E-state index in [0.717, 1.165) is 0 Å². The number of benzene rings is 2. The number of anilines is 2. The zero-order chi connectivity index (χ0) is 19.9. The van der Waals surface area contributed by atoms with Gasteiger partial charge in [-0.1, -0.05) is 38.1 Å². The van der Waals surface area contributed by atoms with Gasteiger partial charge in [0.2, 0.25) is 5.91 Å². The fraction of sp³-hybridized carbons (Fsp3) is 0.211. The van der Waals surface area contributed by atoms with Gasteiger partial charge in [-0.3, -0.25) is 4.79 Å². The van der Waals surface area contributed by atoms with Crippen LogP contribution in [0.25, 0.3) is 5.69 Å². The number of carbonyl (C=O) groups excluding carboxylic acids is 2. The molecule has 0 aliphatic heterocycles. The summed E-state index contributed by atoms with van der Waals surface area (Å²) >= 11 is 0. The highest BCUT2D eigenvalue weighted by atomic mass is 16.2. The van der Waals surface area contributed by atoms with E-state index in [1.54, 1.807) is 30.3 Å². The lowest BCUT2D eigenvalue weighted by Gasteiger charge is -2.22. The fourth-order valence-corrected chi connectivity index (χ4v) is 2.59. The number of nitrogens with zero attached hydrogens (tertiary/aromatic N) is 4. The largest absolute Gasteiger partial charge is 0.326 e. The minimum absolute atomic E-state index is 0.107. The average Bonchev–Trinajstić information content (AvgIpc) is 3.22. The van der Waals surface area contributed by atoms with Crippen molar-refractivity contribution in [1.29, 1.82) is 0 Å². The van der Waals surface area contributed by atoms with E-state index in [2.05, 4.69) is 31.5 Å². The molecule has 0 bridgehead atoms. The van der Waals surface area contributed by atoms with Gasteiger partial charge in [-0.15, -0.1) is 5.10 Å². The van der Waals surface area contributed by atoms with Gasteiger partial charge >= 0.3 is 6.03 Å². The molecule has 9 heteroatoms. The molecule has 0 radical (unpaired) electrons. The standard InChI is InChI=1S/C19H21N7O2/c1-13(2)17(23-19(28)22-14-7-4-3-5-8-14)18(27)21-15-9-6-10-16(11-15)26-12-20-24-25-26/h3-13,17H,1-2H3,(H,21,27)(H2,22,23,28)/t17-/m1/s1. The Balaban J connectivity index is 1.66. The van der Waals surface area contributed by atoms with Gasteiger partial charge in [0.1, 0.15) is 12.4 Å². The molecule has 0 saturated carbocycles. The van der Waals surface area contributed by atoms with Crippen LogP contribution >= 0.6 is 0 Å². The first-order chi connectivity index (χ1) is 13.5. The van der Waals surface area contributed by atoms with Crippen LogP contribution < -0.4 is 16.0 Å². The summed E-state index contributed by atoms with van der Waals surface area (Å²) in [4.78, 5) is 25.0. The van der Waals surface area contributed by atoms with Crippen LogP contribution in [0.3, 0.4) is 0 Å². The summed E-state index contributed by atoms with van der Waals surface area (Å²) in [5.41, 5.74) is 1.93. The number of carbonyl (C=O) groups is 2. The van der Waals surface area contributed by atoms with Gasteiger partial charge in [-0.05, 0) is 46.7 Å². The maximum absolute atomic E-state index is 12.7. The summed E-state index contributed by atoms with van der Waals surface area (Å²) in [6, 6.07) is 15.0. The smallest absolute Gasteiger partial charge is 0.319 e. The van der Waals surface area contributed by atoms with Crippen LogP contribution in [0.15, 0.2) is 60.9 Å². The number of urea groups is 1. The van der Waals surface area contributed by atoms with Crippen molar-refractivity contribution in [3.8, 4) is 5.69 Å². The summed E-state index contributed by atoms with van der Waals surface area (Å²) in [7, 11) is 0.